The summed E-state index contributed by atoms with van der Waals surface area (Å²) in [5, 5.41) is 12.7. The molecule has 0 spiro atoms. The van der Waals surface area contributed by atoms with E-state index in [0.29, 0.717) is 18.6 Å². The summed E-state index contributed by atoms with van der Waals surface area (Å²) in [4.78, 5) is 8.98. The average Bonchev–Trinajstić information content (AvgIpc) is 3.52. The van der Waals surface area contributed by atoms with Crippen molar-refractivity contribution in [3.8, 4) is 22.8 Å². The van der Waals surface area contributed by atoms with Crippen LogP contribution in [0.25, 0.3) is 22.8 Å². The number of nitrogens with zero attached hydrogens (tertiary/aromatic N) is 4. The first-order chi connectivity index (χ1) is 20.8. The van der Waals surface area contributed by atoms with Gasteiger partial charge in [0.25, 0.3) is 0 Å². The Morgan fingerprint density at radius 3 is 2.29 bits per heavy atom. The Labute approximate surface area is 251 Å². The lowest BCUT2D eigenvalue weighted by atomic mass is 9.91. The van der Waals surface area contributed by atoms with E-state index in [1.54, 1.807) is 12.4 Å². The lowest BCUT2D eigenvalue weighted by molar-refractivity contribution is 0.110. The smallest absolute Gasteiger partial charge is 0.115 e. The van der Waals surface area contributed by atoms with Gasteiger partial charge in [0.15, 0.2) is 0 Å². The SMILES string of the molecule is CCCCCCCCc1ccc([C@H]2CCN[C@@H]2COCCCc2cc(-c3ccccn3)nnc2-c2ccccn2)cc1. The van der Waals surface area contributed by atoms with Gasteiger partial charge in [-0.15, -0.1) is 10.2 Å². The molecule has 0 radical (unpaired) electrons. The highest BCUT2D eigenvalue weighted by Gasteiger charge is 2.28. The zero-order valence-corrected chi connectivity index (χ0v) is 25.0. The molecule has 1 aromatic carbocycles. The third-order valence-corrected chi connectivity index (χ3v) is 8.31. The van der Waals surface area contributed by atoms with Gasteiger partial charge in [0.05, 0.1) is 18.0 Å². The van der Waals surface area contributed by atoms with Crippen molar-refractivity contribution in [1.82, 2.24) is 25.5 Å². The third kappa shape index (κ3) is 8.52. The molecule has 220 valence electrons. The first kappa shape index (κ1) is 30.0. The number of aromatic nitrogens is 4. The van der Waals surface area contributed by atoms with Crippen LogP contribution in [0.15, 0.2) is 79.1 Å². The van der Waals surface area contributed by atoms with E-state index in [2.05, 4.69) is 62.7 Å². The predicted octanol–water partition coefficient (Wildman–Crippen LogP) is 7.60. The molecule has 2 atom stereocenters. The summed E-state index contributed by atoms with van der Waals surface area (Å²) >= 11 is 0. The van der Waals surface area contributed by atoms with Gasteiger partial charge < -0.3 is 10.1 Å². The fraction of sp³-hybridized carbons (Fsp3) is 0.444. The lowest BCUT2D eigenvalue weighted by Gasteiger charge is -2.20. The molecule has 42 heavy (non-hydrogen) atoms. The first-order valence-electron chi connectivity index (χ1n) is 15.9. The van der Waals surface area contributed by atoms with Gasteiger partial charge in [-0.05, 0) is 85.7 Å². The van der Waals surface area contributed by atoms with Crippen LogP contribution < -0.4 is 5.32 Å². The fourth-order valence-electron chi connectivity index (χ4n) is 5.94. The topological polar surface area (TPSA) is 72.8 Å². The Morgan fingerprint density at radius 1 is 0.762 bits per heavy atom. The molecule has 6 nitrogen and oxygen atoms in total. The van der Waals surface area contributed by atoms with Crippen molar-refractivity contribution in [1.29, 1.82) is 0 Å². The zero-order chi connectivity index (χ0) is 28.8. The van der Waals surface area contributed by atoms with Crippen molar-refractivity contribution < 1.29 is 4.74 Å². The first-order valence-corrected chi connectivity index (χ1v) is 15.9. The molecule has 0 bridgehead atoms. The number of benzene rings is 1. The Bertz CT molecular complexity index is 1330. The summed E-state index contributed by atoms with van der Waals surface area (Å²) in [5.41, 5.74) is 7.29. The van der Waals surface area contributed by atoms with E-state index >= 15 is 0 Å². The molecule has 1 N–H and O–H groups in total. The molecule has 6 heteroatoms. The second-order valence-electron chi connectivity index (χ2n) is 11.4. The summed E-state index contributed by atoms with van der Waals surface area (Å²) in [6.07, 6.45) is 15.8. The van der Waals surface area contributed by atoms with Crippen LogP contribution in [0.2, 0.25) is 0 Å². The zero-order valence-electron chi connectivity index (χ0n) is 25.0. The van der Waals surface area contributed by atoms with Crippen molar-refractivity contribution in [2.45, 2.75) is 83.1 Å². The van der Waals surface area contributed by atoms with Crippen LogP contribution in [0.1, 0.15) is 80.9 Å². The number of rotatable bonds is 16. The largest absolute Gasteiger partial charge is 0.380 e. The van der Waals surface area contributed by atoms with E-state index in [9.17, 15) is 0 Å². The van der Waals surface area contributed by atoms with Crippen LogP contribution in [0.5, 0.6) is 0 Å². The standard InChI is InChI=1S/C36H45N5O/c1-2-3-4-5-6-7-13-28-17-19-29(20-18-28)31-21-24-39-35(31)27-42-25-12-14-30-26-34(32-15-8-10-22-37-32)40-41-36(30)33-16-9-11-23-38-33/h8-11,15-20,22-23,26,31,35,39H,2-7,12-14,21,24-25,27H2,1H3/t31-,35-/m1/s1. The molecule has 1 fully saturated rings. The van der Waals surface area contributed by atoms with E-state index in [4.69, 9.17) is 4.74 Å². The Balaban J connectivity index is 1.11. The maximum Gasteiger partial charge on any atom is 0.115 e. The molecule has 1 aliphatic heterocycles. The van der Waals surface area contributed by atoms with Gasteiger partial charge in [-0.2, -0.15) is 0 Å². The Kier molecular flexibility index (Phi) is 11.6. The van der Waals surface area contributed by atoms with Crippen molar-refractivity contribution in [2.24, 2.45) is 0 Å². The summed E-state index contributed by atoms with van der Waals surface area (Å²) in [6, 6.07) is 23.6. The Morgan fingerprint density at radius 2 is 1.52 bits per heavy atom. The normalized spacial score (nSPS) is 16.6. The van der Waals surface area contributed by atoms with Gasteiger partial charge in [0, 0.05) is 31.0 Å². The highest BCUT2D eigenvalue weighted by Crippen LogP contribution is 2.29. The quantitative estimate of drug-likeness (QED) is 0.142. The molecule has 0 amide bonds. The number of aryl methyl sites for hydroxylation is 2. The number of hydrogen-bond donors (Lipinski definition) is 1. The molecule has 1 aliphatic rings. The van der Waals surface area contributed by atoms with Crippen molar-refractivity contribution in [3.63, 3.8) is 0 Å². The van der Waals surface area contributed by atoms with Crippen LogP contribution >= 0.6 is 0 Å². The van der Waals surface area contributed by atoms with Gasteiger partial charge in [0.1, 0.15) is 11.4 Å². The Hall–Kier alpha value is -3.48. The van der Waals surface area contributed by atoms with Crippen LogP contribution in [0.3, 0.4) is 0 Å². The second kappa shape index (κ2) is 16.2. The molecule has 0 aliphatic carbocycles. The third-order valence-electron chi connectivity index (χ3n) is 8.31. The van der Waals surface area contributed by atoms with Crippen molar-refractivity contribution >= 4 is 0 Å². The van der Waals surface area contributed by atoms with Gasteiger partial charge in [0.2, 0.25) is 0 Å². The summed E-state index contributed by atoms with van der Waals surface area (Å²) in [7, 11) is 0. The number of hydrogen-bond acceptors (Lipinski definition) is 6. The molecule has 0 unspecified atom stereocenters. The number of pyridine rings is 2. The van der Waals surface area contributed by atoms with Crippen LogP contribution in [-0.2, 0) is 17.6 Å². The highest BCUT2D eigenvalue weighted by molar-refractivity contribution is 5.63. The maximum atomic E-state index is 6.24. The van der Waals surface area contributed by atoms with Crippen molar-refractivity contribution in [2.75, 3.05) is 19.8 Å². The minimum Gasteiger partial charge on any atom is -0.380 e. The maximum absolute atomic E-state index is 6.24. The molecule has 4 heterocycles. The lowest BCUT2D eigenvalue weighted by Crippen LogP contribution is -2.31. The minimum atomic E-state index is 0.358. The van der Waals surface area contributed by atoms with Crippen LogP contribution in [0.4, 0.5) is 0 Å². The molecule has 1 saturated heterocycles. The second-order valence-corrected chi connectivity index (χ2v) is 11.4. The number of ether oxygens (including phenoxy) is 1. The average molecular weight is 564 g/mol. The number of nitrogens with one attached hydrogen (secondary N) is 1. The molecule has 3 aromatic heterocycles. The van der Waals surface area contributed by atoms with E-state index in [1.807, 2.05) is 36.4 Å². The van der Waals surface area contributed by atoms with E-state index in [1.165, 1.54) is 56.1 Å². The fourth-order valence-corrected chi connectivity index (χ4v) is 5.94. The van der Waals surface area contributed by atoms with E-state index < -0.39 is 0 Å². The van der Waals surface area contributed by atoms with Gasteiger partial charge in [-0.25, -0.2) is 0 Å². The predicted molar refractivity (Wildman–Crippen MR) is 170 cm³/mol. The summed E-state index contributed by atoms with van der Waals surface area (Å²) < 4.78 is 6.24. The highest BCUT2D eigenvalue weighted by atomic mass is 16.5. The summed E-state index contributed by atoms with van der Waals surface area (Å²) in [6.45, 7) is 4.75. The molecule has 4 aromatic rings. The summed E-state index contributed by atoms with van der Waals surface area (Å²) in [5.74, 6) is 0.508. The van der Waals surface area contributed by atoms with E-state index in [0.717, 1.165) is 60.8 Å². The molecular weight excluding hydrogens is 518 g/mol. The molecule has 0 saturated carbocycles. The molecule has 5 rings (SSSR count). The molecular formula is C36H45N5O. The van der Waals surface area contributed by atoms with Crippen LogP contribution in [-0.4, -0.2) is 46.0 Å². The number of unbranched alkanes of at least 4 members (excludes halogenated alkanes) is 5. The van der Waals surface area contributed by atoms with Gasteiger partial charge in [-0.3, -0.25) is 9.97 Å². The van der Waals surface area contributed by atoms with Gasteiger partial charge in [-0.1, -0.05) is 75.4 Å². The van der Waals surface area contributed by atoms with Crippen LogP contribution in [0, 0.1) is 0 Å². The van der Waals surface area contributed by atoms with E-state index in [-0.39, 0.29) is 0 Å². The van der Waals surface area contributed by atoms with Gasteiger partial charge >= 0.3 is 0 Å². The minimum absolute atomic E-state index is 0.358. The monoisotopic (exact) mass is 563 g/mol. The van der Waals surface area contributed by atoms with Crippen molar-refractivity contribution in [3.05, 3.63) is 95.8 Å².